The number of benzene rings is 1. The lowest BCUT2D eigenvalue weighted by Gasteiger charge is -2.06. The molecule has 0 saturated carbocycles. The number of rotatable bonds is 1. The Hall–Kier alpha value is -1.42. The molecule has 0 amide bonds. The monoisotopic (exact) mass is 192 g/mol. The molecule has 4 heteroatoms. The highest BCUT2D eigenvalue weighted by Gasteiger charge is 2.23. The van der Waals surface area contributed by atoms with Gasteiger partial charge in [-0.05, 0) is 36.5 Å². The average molecular weight is 192 g/mol. The van der Waals surface area contributed by atoms with Crippen molar-refractivity contribution in [1.82, 2.24) is 0 Å². The molecule has 1 aromatic carbocycles. The minimum atomic E-state index is -0.363. The fourth-order valence-corrected chi connectivity index (χ4v) is 2.06. The van der Waals surface area contributed by atoms with Crippen LogP contribution in [0.5, 0.6) is 0 Å². The molecule has 0 aromatic heterocycles. The van der Waals surface area contributed by atoms with Gasteiger partial charge in [-0.15, -0.1) is 0 Å². The van der Waals surface area contributed by atoms with Gasteiger partial charge >= 0.3 is 0 Å². The summed E-state index contributed by atoms with van der Waals surface area (Å²) in [4.78, 5) is 10.3. The Morgan fingerprint density at radius 2 is 2.29 bits per heavy atom. The maximum Gasteiger partial charge on any atom is 0.270 e. The number of fused-ring (bicyclic) bond motifs is 1. The summed E-state index contributed by atoms with van der Waals surface area (Å²) < 4.78 is 0. The first kappa shape index (κ1) is 9.15. The van der Waals surface area contributed by atoms with E-state index in [9.17, 15) is 10.1 Å². The normalized spacial score (nSPS) is 19.4. The molecule has 1 aliphatic carbocycles. The van der Waals surface area contributed by atoms with E-state index in [1.807, 2.05) is 6.92 Å². The van der Waals surface area contributed by atoms with Crippen molar-refractivity contribution in [2.75, 3.05) is 0 Å². The summed E-state index contributed by atoms with van der Waals surface area (Å²) in [5.74, 6) is 0. The SMILES string of the molecule is Cc1cc([N+](=O)[O-])cc2c1CC[C@H]2N. The smallest absolute Gasteiger partial charge is 0.270 e. The summed E-state index contributed by atoms with van der Waals surface area (Å²) >= 11 is 0. The Labute approximate surface area is 81.9 Å². The third-order valence-electron chi connectivity index (χ3n) is 2.81. The van der Waals surface area contributed by atoms with E-state index in [4.69, 9.17) is 5.73 Å². The van der Waals surface area contributed by atoms with Crippen molar-refractivity contribution in [1.29, 1.82) is 0 Å². The van der Waals surface area contributed by atoms with Gasteiger partial charge in [0.25, 0.3) is 5.69 Å². The van der Waals surface area contributed by atoms with E-state index in [2.05, 4.69) is 0 Å². The van der Waals surface area contributed by atoms with Gasteiger partial charge in [-0.3, -0.25) is 10.1 Å². The molecule has 2 N–H and O–H groups in total. The number of nitro groups is 1. The van der Waals surface area contributed by atoms with Crippen LogP contribution in [-0.4, -0.2) is 4.92 Å². The van der Waals surface area contributed by atoms with Crippen LogP contribution in [0, 0.1) is 17.0 Å². The van der Waals surface area contributed by atoms with Crippen molar-refractivity contribution in [3.05, 3.63) is 38.9 Å². The molecule has 0 radical (unpaired) electrons. The van der Waals surface area contributed by atoms with Gasteiger partial charge in [0, 0.05) is 18.2 Å². The quantitative estimate of drug-likeness (QED) is 0.545. The van der Waals surface area contributed by atoms with E-state index < -0.39 is 0 Å². The second-order valence-corrected chi connectivity index (χ2v) is 3.73. The minimum Gasteiger partial charge on any atom is -0.324 e. The van der Waals surface area contributed by atoms with Gasteiger partial charge in [-0.25, -0.2) is 0 Å². The molecular formula is C10H12N2O2. The number of aryl methyl sites for hydroxylation is 1. The maximum atomic E-state index is 10.6. The van der Waals surface area contributed by atoms with E-state index in [0.717, 1.165) is 24.0 Å². The lowest BCUT2D eigenvalue weighted by Crippen LogP contribution is -2.06. The molecule has 0 unspecified atom stereocenters. The van der Waals surface area contributed by atoms with Crippen molar-refractivity contribution in [2.24, 2.45) is 5.73 Å². The fourth-order valence-electron chi connectivity index (χ4n) is 2.06. The van der Waals surface area contributed by atoms with Crippen LogP contribution >= 0.6 is 0 Å². The van der Waals surface area contributed by atoms with Crippen molar-refractivity contribution < 1.29 is 4.92 Å². The molecule has 2 rings (SSSR count). The Morgan fingerprint density at radius 3 is 2.93 bits per heavy atom. The summed E-state index contributed by atoms with van der Waals surface area (Å²) in [5.41, 5.74) is 9.15. The van der Waals surface area contributed by atoms with Crippen LogP contribution < -0.4 is 5.73 Å². The van der Waals surface area contributed by atoms with Gasteiger partial charge in [-0.2, -0.15) is 0 Å². The van der Waals surface area contributed by atoms with Gasteiger partial charge in [-0.1, -0.05) is 0 Å². The average Bonchev–Trinajstić information content (AvgIpc) is 2.48. The standard InChI is InChI=1S/C10H12N2O2/c1-6-4-7(12(13)14)5-9-8(6)2-3-10(9)11/h4-5,10H,2-3,11H2,1H3/t10-/m1/s1. The second kappa shape index (κ2) is 3.06. The summed E-state index contributed by atoms with van der Waals surface area (Å²) in [6, 6.07) is 3.21. The Morgan fingerprint density at radius 1 is 1.57 bits per heavy atom. The van der Waals surface area contributed by atoms with E-state index in [-0.39, 0.29) is 16.7 Å². The molecule has 1 aromatic rings. The second-order valence-electron chi connectivity index (χ2n) is 3.73. The molecule has 0 aliphatic heterocycles. The predicted molar refractivity (Wildman–Crippen MR) is 53.1 cm³/mol. The summed E-state index contributed by atoms with van der Waals surface area (Å²) in [5, 5.41) is 10.6. The molecule has 1 atom stereocenters. The highest BCUT2D eigenvalue weighted by molar-refractivity contribution is 5.48. The zero-order chi connectivity index (χ0) is 10.3. The first-order chi connectivity index (χ1) is 6.59. The minimum absolute atomic E-state index is 0.0244. The molecule has 74 valence electrons. The molecule has 14 heavy (non-hydrogen) atoms. The van der Waals surface area contributed by atoms with Crippen LogP contribution in [0.4, 0.5) is 5.69 Å². The summed E-state index contributed by atoms with van der Waals surface area (Å²) in [6.45, 7) is 1.91. The van der Waals surface area contributed by atoms with Gasteiger partial charge < -0.3 is 5.73 Å². The first-order valence-corrected chi connectivity index (χ1v) is 4.63. The van der Waals surface area contributed by atoms with E-state index in [0.29, 0.717) is 0 Å². The van der Waals surface area contributed by atoms with Gasteiger partial charge in [0.2, 0.25) is 0 Å². The number of nitrogens with zero attached hydrogens (tertiary/aromatic N) is 1. The Bertz CT molecular complexity index is 401. The fraction of sp³-hybridized carbons (Fsp3) is 0.400. The third-order valence-corrected chi connectivity index (χ3v) is 2.81. The zero-order valence-electron chi connectivity index (χ0n) is 7.99. The van der Waals surface area contributed by atoms with Gasteiger partial charge in [0.05, 0.1) is 4.92 Å². The molecule has 0 fully saturated rings. The third kappa shape index (κ3) is 1.28. The molecular weight excluding hydrogens is 180 g/mol. The summed E-state index contributed by atoms with van der Waals surface area (Å²) in [7, 11) is 0. The predicted octanol–water partition coefficient (Wildman–Crippen LogP) is 1.85. The largest absolute Gasteiger partial charge is 0.324 e. The maximum absolute atomic E-state index is 10.6. The molecule has 0 bridgehead atoms. The number of non-ortho nitro benzene ring substituents is 1. The highest BCUT2D eigenvalue weighted by atomic mass is 16.6. The lowest BCUT2D eigenvalue weighted by atomic mass is 10.0. The zero-order valence-corrected chi connectivity index (χ0v) is 7.99. The molecule has 0 saturated heterocycles. The van der Waals surface area contributed by atoms with Crippen LogP contribution in [0.3, 0.4) is 0 Å². The van der Waals surface area contributed by atoms with E-state index in [1.165, 1.54) is 5.56 Å². The van der Waals surface area contributed by atoms with Crippen LogP contribution in [0.1, 0.15) is 29.2 Å². The lowest BCUT2D eigenvalue weighted by molar-refractivity contribution is -0.385. The Kier molecular flexibility index (Phi) is 2.00. The van der Waals surface area contributed by atoms with Crippen LogP contribution in [0.15, 0.2) is 12.1 Å². The number of nitro benzene ring substituents is 1. The number of hydrogen-bond acceptors (Lipinski definition) is 3. The van der Waals surface area contributed by atoms with Gasteiger partial charge in [0.1, 0.15) is 0 Å². The van der Waals surface area contributed by atoms with Crippen LogP contribution in [0.2, 0.25) is 0 Å². The molecule has 0 heterocycles. The first-order valence-electron chi connectivity index (χ1n) is 4.63. The van der Waals surface area contributed by atoms with E-state index >= 15 is 0 Å². The molecule has 4 nitrogen and oxygen atoms in total. The molecule has 1 aliphatic rings. The van der Waals surface area contributed by atoms with Crippen molar-refractivity contribution in [2.45, 2.75) is 25.8 Å². The van der Waals surface area contributed by atoms with Crippen LogP contribution in [-0.2, 0) is 6.42 Å². The highest BCUT2D eigenvalue weighted by Crippen LogP contribution is 2.34. The molecule has 0 spiro atoms. The van der Waals surface area contributed by atoms with Crippen LogP contribution in [0.25, 0.3) is 0 Å². The summed E-state index contributed by atoms with van der Waals surface area (Å²) in [6.07, 6.45) is 1.84. The van der Waals surface area contributed by atoms with Gasteiger partial charge in [0.15, 0.2) is 0 Å². The topological polar surface area (TPSA) is 69.2 Å². The number of hydrogen-bond donors (Lipinski definition) is 1. The number of nitrogens with two attached hydrogens (primary N) is 1. The van der Waals surface area contributed by atoms with E-state index in [1.54, 1.807) is 12.1 Å². The van der Waals surface area contributed by atoms with Crippen molar-refractivity contribution >= 4 is 5.69 Å². The Balaban J connectivity index is 2.58. The van der Waals surface area contributed by atoms with Crippen molar-refractivity contribution in [3.8, 4) is 0 Å². The van der Waals surface area contributed by atoms with Crippen molar-refractivity contribution in [3.63, 3.8) is 0 Å².